The van der Waals surface area contributed by atoms with Gasteiger partial charge in [-0.25, -0.2) is 4.52 Å². The van der Waals surface area contributed by atoms with Crippen LogP contribution in [0.25, 0.3) is 22.1 Å². The summed E-state index contributed by atoms with van der Waals surface area (Å²) in [5.41, 5.74) is 5.79. The Morgan fingerprint density at radius 2 is 1.98 bits per heavy atom. The number of benzene rings is 1. The quantitative estimate of drug-likeness (QED) is 0.197. The first-order valence-electron chi connectivity index (χ1n) is 13.9. The molecular weight excluding hydrogens is 502 g/mol. The Hall–Kier alpha value is -3.68. The number of likely N-dealkylation sites (N-methyl/N-ethyl adjacent to an activating group) is 1. The molecule has 4 heterocycles. The zero-order valence-corrected chi connectivity index (χ0v) is 25.2. The molecule has 0 radical (unpaired) electrons. The maximum absolute atomic E-state index is 11.2. The zero-order valence-electron chi connectivity index (χ0n) is 25.2. The molecule has 3 aromatic heterocycles. The highest BCUT2D eigenvalue weighted by molar-refractivity contribution is 5.92. The first-order valence-corrected chi connectivity index (χ1v) is 13.9. The minimum atomic E-state index is -0.453. The molecule has 1 saturated heterocycles. The molecule has 1 aliphatic heterocycles. The molecule has 1 aromatic carbocycles. The van der Waals surface area contributed by atoms with Crippen molar-refractivity contribution in [3.8, 4) is 11.5 Å². The standard InChI is InChI=1S/C21H18N2O3.C10H19NO.C2H6/c1-12(2)20-14(4)25-19-9-16(5-6-17(19)20)26-18-7-8-22-23-10-15(11-24)13(3)21(18)23;1-4-9(2)7-10(12)5-6-11(3)8-10;1-2/h5-11H,1H2,2-4H3;4,12H,5-8H2,1-3H3;1-2H3/b;9-4+;. The monoisotopic (exact) mass is 545 g/mol. The van der Waals surface area contributed by atoms with Gasteiger partial charge in [-0.05, 0) is 77.8 Å². The van der Waals surface area contributed by atoms with E-state index >= 15 is 0 Å². The number of furan rings is 1. The van der Waals surface area contributed by atoms with Gasteiger partial charge in [0.2, 0.25) is 0 Å². The normalized spacial score (nSPS) is 17.3. The first-order chi connectivity index (χ1) is 19.0. The number of aromatic nitrogens is 2. The summed E-state index contributed by atoms with van der Waals surface area (Å²) >= 11 is 0. The number of rotatable bonds is 6. The number of aldehydes is 1. The van der Waals surface area contributed by atoms with Crippen molar-refractivity contribution in [1.82, 2.24) is 14.5 Å². The van der Waals surface area contributed by atoms with Crippen LogP contribution < -0.4 is 4.74 Å². The van der Waals surface area contributed by atoms with Gasteiger partial charge in [0.05, 0.1) is 11.8 Å². The lowest BCUT2D eigenvalue weighted by atomic mass is 9.94. The summed E-state index contributed by atoms with van der Waals surface area (Å²) < 4.78 is 13.6. The molecule has 7 heteroatoms. The molecule has 7 nitrogen and oxygen atoms in total. The van der Waals surface area contributed by atoms with E-state index < -0.39 is 5.60 Å². The average molecular weight is 546 g/mol. The predicted octanol–water partition coefficient (Wildman–Crippen LogP) is 7.77. The van der Waals surface area contributed by atoms with Crippen LogP contribution in [0.4, 0.5) is 0 Å². The number of likely N-dealkylation sites (tertiary alicyclic amines) is 1. The van der Waals surface area contributed by atoms with Gasteiger partial charge >= 0.3 is 0 Å². The number of hydrogen-bond donors (Lipinski definition) is 1. The Morgan fingerprint density at radius 1 is 1.25 bits per heavy atom. The third-order valence-electron chi connectivity index (χ3n) is 7.17. The molecule has 0 aliphatic carbocycles. The van der Waals surface area contributed by atoms with Crippen LogP contribution in [0.2, 0.25) is 0 Å². The number of allylic oxidation sites excluding steroid dienone is 2. The molecule has 1 fully saturated rings. The molecule has 40 heavy (non-hydrogen) atoms. The highest BCUT2D eigenvalue weighted by Gasteiger charge is 2.34. The first kappa shape index (κ1) is 30.9. The fourth-order valence-corrected chi connectivity index (χ4v) is 5.19. The lowest BCUT2D eigenvalue weighted by Gasteiger charge is -2.22. The number of carbonyl (C=O) groups excluding carboxylic acids is 1. The highest BCUT2D eigenvalue weighted by atomic mass is 16.5. The van der Waals surface area contributed by atoms with Crippen molar-refractivity contribution in [2.24, 2.45) is 0 Å². The summed E-state index contributed by atoms with van der Waals surface area (Å²) in [5, 5.41) is 15.3. The summed E-state index contributed by atoms with van der Waals surface area (Å²) in [6.45, 7) is 19.7. The van der Waals surface area contributed by atoms with Crippen molar-refractivity contribution < 1.29 is 19.1 Å². The van der Waals surface area contributed by atoms with Crippen molar-refractivity contribution in [3.63, 3.8) is 0 Å². The molecule has 4 aromatic rings. The summed E-state index contributed by atoms with van der Waals surface area (Å²) in [4.78, 5) is 13.4. The topological polar surface area (TPSA) is 80.2 Å². The van der Waals surface area contributed by atoms with E-state index in [0.717, 1.165) is 71.2 Å². The second-order valence-electron chi connectivity index (χ2n) is 10.4. The van der Waals surface area contributed by atoms with Crippen LogP contribution in [0.15, 0.2) is 59.3 Å². The van der Waals surface area contributed by atoms with Gasteiger partial charge in [0.15, 0.2) is 12.0 Å². The van der Waals surface area contributed by atoms with E-state index in [-0.39, 0.29) is 0 Å². The van der Waals surface area contributed by atoms with Gasteiger partial charge in [0.25, 0.3) is 0 Å². The predicted molar refractivity (Wildman–Crippen MR) is 164 cm³/mol. The van der Waals surface area contributed by atoms with E-state index in [1.807, 2.05) is 59.7 Å². The van der Waals surface area contributed by atoms with Crippen LogP contribution in [-0.4, -0.2) is 51.6 Å². The largest absolute Gasteiger partial charge is 0.461 e. The molecule has 0 spiro atoms. The summed E-state index contributed by atoms with van der Waals surface area (Å²) in [6, 6.07) is 7.53. The minimum absolute atomic E-state index is 0.453. The lowest BCUT2D eigenvalue weighted by Crippen LogP contribution is -2.32. The van der Waals surface area contributed by atoms with Gasteiger partial charge < -0.3 is 19.2 Å². The zero-order chi connectivity index (χ0) is 29.6. The molecule has 1 N–H and O–H groups in total. The summed E-state index contributed by atoms with van der Waals surface area (Å²) in [6.07, 6.45) is 7.98. The molecule has 1 unspecified atom stereocenters. The van der Waals surface area contributed by atoms with E-state index in [2.05, 4.69) is 36.6 Å². The van der Waals surface area contributed by atoms with E-state index in [4.69, 9.17) is 9.15 Å². The Balaban J connectivity index is 0.000000265. The van der Waals surface area contributed by atoms with Crippen molar-refractivity contribution >= 4 is 28.3 Å². The Labute approximate surface area is 237 Å². The molecule has 214 valence electrons. The molecule has 0 saturated carbocycles. The number of ether oxygens (including phenoxy) is 1. The van der Waals surface area contributed by atoms with Crippen molar-refractivity contribution in [3.05, 3.63) is 77.3 Å². The Bertz CT molecular complexity index is 1530. The number of fused-ring (bicyclic) bond motifs is 2. The number of aryl methyl sites for hydroxylation is 2. The fraction of sp³-hybridized carbons (Fsp3) is 0.394. The average Bonchev–Trinajstić information content (AvgIpc) is 3.56. The Morgan fingerprint density at radius 3 is 2.58 bits per heavy atom. The van der Waals surface area contributed by atoms with Gasteiger partial charge in [-0.2, -0.15) is 5.10 Å². The van der Waals surface area contributed by atoms with Gasteiger partial charge in [-0.1, -0.05) is 32.1 Å². The van der Waals surface area contributed by atoms with E-state index in [1.54, 1.807) is 23.0 Å². The van der Waals surface area contributed by atoms with Gasteiger partial charge in [0, 0.05) is 47.9 Å². The van der Waals surface area contributed by atoms with E-state index in [1.165, 1.54) is 5.57 Å². The second-order valence-corrected chi connectivity index (χ2v) is 10.4. The minimum Gasteiger partial charge on any atom is -0.461 e. The molecular formula is C33H43N3O4. The van der Waals surface area contributed by atoms with Crippen LogP contribution in [0.3, 0.4) is 0 Å². The third-order valence-corrected chi connectivity index (χ3v) is 7.17. The second kappa shape index (κ2) is 13.1. The summed E-state index contributed by atoms with van der Waals surface area (Å²) in [7, 11) is 2.06. The maximum atomic E-state index is 11.2. The SMILES string of the molecule is C/C=C(\C)CC1(O)CCN(C)C1.C=C(C)c1c(C)oc2cc(Oc3ccnn4cc(C=O)c(C)c34)ccc12.CC. The number of β-amino-alcohol motifs (C(OH)–C–C–N with tert-alkyl or cyclic N) is 1. The molecule has 5 rings (SSSR count). The molecule has 0 amide bonds. The number of aliphatic hydroxyl groups is 1. The van der Waals surface area contributed by atoms with Crippen LogP contribution in [0.5, 0.6) is 11.5 Å². The van der Waals surface area contributed by atoms with E-state index in [9.17, 15) is 9.90 Å². The van der Waals surface area contributed by atoms with Crippen molar-refractivity contribution in [2.45, 2.75) is 66.9 Å². The number of nitrogens with zero attached hydrogens (tertiary/aromatic N) is 3. The van der Waals surface area contributed by atoms with Crippen LogP contribution in [0.1, 0.15) is 74.7 Å². The summed E-state index contributed by atoms with van der Waals surface area (Å²) in [5.74, 6) is 2.13. The number of carbonyl (C=O) groups is 1. The smallest absolute Gasteiger partial charge is 0.154 e. The molecule has 0 bridgehead atoms. The molecule has 1 atom stereocenters. The van der Waals surface area contributed by atoms with Gasteiger partial charge in [0.1, 0.15) is 22.6 Å². The number of hydrogen-bond acceptors (Lipinski definition) is 6. The maximum Gasteiger partial charge on any atom is 0.154 e. The highest BCUT2D eigenvalue weighted by Crippen LogP contribution is 2.35. The van der Waals surface area contributed by atoms with Crippen molar-refractivity contribution in [2.75, 3.05) is 20.1 Å². The van der Waals surface area contributed by atoms with Crippen molar-refractivity contribution in [1.29, 1.82) is 0 Å². The van der Waals surface area contributed by atoms with Crippen LogP contribution >= 0.6 is 0 Å². The van der Waals surface area contributed by atoms with Crippen LogP contribution in [0, 0.1) is 13.8 Å². The van der Waals surface area contributed by atoms with Crippen LogP contribution in [-0.2, 0) is 0 Å². The lowest BCUT2D eigenvalue weighted by molar-refractivity contribution is 0.0523. The van der Waals surface area contributed by atoms with E-state index in [0.29, 0.717) is 17.1 Å². The third kappa shape index (κ3) is 6.72. The molecule has 1 aliphatic rings. The van der Waals surface area contributed by atoms with Gasteiger partial charge in [-0.3, -0.25) is 4.79 Å². The van der Waals surface area contributed by atoms with Gasteiger partial charge in [-0.15, -0.1) is 0 Å². The Kier molecular flexibility index (Phi) is 10.1. The fourth-order valence-electron chi connectivity index (χ4n) is 5.19.